The monoisotopic (exact) mass is 294 g/mol. The number of thioether (sulfide) groups is 1. The van der Waals surface area contributed by atoms with E-state index < -0.39 is 0 Å². The number of nitrogens with zero attached hydrogens (tertiary/aromatic N) is 1. The molecule has 0 radical (unpaired) electrons. The maximum Gasteiger partial charge on any atom is 0.230 e. The summed E-state index contributed by atoms with van der Waals surface area (Å²) in [6, 6.07) is 6.10. The molecule has 0 unspecified atom stereocenters. The summed E-state index contributed by atoms with van der Waals surface area (Å²) >= 11 is 1.26. The first-order valence-electron chi connectivity index (χ1n) is 6.37. The van der Waals surface area contributed by atoms with Crippen molar-refractivity contribution in [1.29, 1.82) is 5.26 Å². The summed E-state index contributed by atoms with van der Waals surface area (Å²) in [5, 5.41) is 11.3. The number of rotatable bonds is 4. The molecule has 1 aliphatic rings. The third-order valence-electron chi connectivity index (χ3n) is 2.98. The van der Waals surface area contributed by atoms with E-state index in [1.165, 1.54) is 23.9 Å². The van der Waals surface area contributed by atoms with Crippen LogP contribution in [0.3, 0.4) is 0 Å². The van der Waals surface area contributed by atoms with Crippen LogP contribution >= 0.6 is 11.8 Å². The molecule has 4 nitrogen and oxygen atoms in total. The van der Waals surface area contributed by atoms with E-state index >= 15 is 0 Å². The molecule has 106 valence electrons. The minimum atomic E-state index is -0.340. The van der Waals surface area contributed by atoms with Gasteiger partial charge in [0.05, 0.1) is 30.2 Å². The number of hydrogen-bond donors (Lipinski definition) is 1. The molecular weight excluding hydrogens is 279 g/mol. The molecular formula is C14H15FN2O2S. The lowest BCUT2D eigenvalue weighted by molar-refractivity contribution is -0.119. The van der Waals surface area contributed by atoms with E-state index in [-0.39, 0.29) is 29.3 Å². The van der Waals surface area contributed by atoms with Crippen LogP contribution in [0.25, 0.3) is 0 Å². The van der Waals surface area contributed by atoms with E-state index in [1.807, 2.05) is 6.07 Å². The lowest BCUT2D eigenvalue weighted by atomic mass is 10.0. The van der Waals surface area contributed by atoms with Gasteiger partial charge in [0.1, 0.15) is 11.6 Å². The lowest BCUT2D eigenvalue weighted by Gasteiger charge is -2.18. The Labute approximate surface area is 121 Å². The lowest BCUT2D eigenvalue weighted by Crippen LogP contribution is -2.30. The topological polar surface area (TPSA) is 62.1 Å². The van der Waals surface area contributed by atoms with Gasteiger partial charge in [-0.1, -0.05) is 0 Å². The Morgan fingerprint density at radius 2 is 2.45 bits per heavy atom. The fraction of sp³-hybridized carbons (Fsp3) is 0.429. The first kappa shape index (κ1) is 14.7. The quantitative estimate of drug-likeness (QED) is 0.866. The van der Waals surface area contributed by atoms with Crippen LogP contribution in [0, 0.1) is 17.1 Å². The van der Waals surface area contributed by atoms with Gasteiger partial charge in [-0.15, -0.1) is 11.8 Å². The summed E-state index contributed by atoms with van der Waals surface area (Å²) < 4.78 is 18.9. The second kappa shape index (κ2) is 7.15. The van der Waals surface area contributed by atoms with Gasteiger partial charge in [0.25, 0.3) is 0 Å². The molecule has 1 aliphatic heterocycles. The number of fused-ring (bicyclic) bond motifs is 1. The van der Waals surface area contributed by atoms with Gasteiger partial charge in [0.2, 0.25) is 5.91 Å². The molecule has 0 saturated heterocycles. The van der Waals surface area contributed by atoms with Crippen molar-refractivity contribution in [3.63, 3.8) is 0 Å². The number of halogens is 1. The van der Waals surface area contributed by atoms with Gasteiger partial charge in [-0.3, -0.25) is 4.79 Å². The third kappa shape index (κ3) is 3.87. The third-order valence-corrected chi connectivity index (χ3v) is 3.78. The van der Waals surface area contributed by atoms with Gasteiger partial charge in [0, 0.05) is 5.56 Å². The van der Waals surface area contributed by atoms with E-state index in [2.05, 4.69) is 5.32 Å². The summed E-state index contributed by atoms with van der Waals surface area (Å²) in [7, 11) is 0. The minimum absolute atomic E-state index is 0.146. The zero-order valence-corrected chi connectivity index (χ0v) is 11.7. The van der Waals surface area contributed by atoms with E-state index in [0.717, 1.165) is 6.42 Å². The Balaban J connectivity index is 2.06. The average molecular weight is 294 g/mol. The highest BCUT2D eigenvalue weighted by molar-refractivity contribution is 8.00. The standard InChI is InChI=1S/C14H15FN2O2S/c15-10-3-4-13-11(8-10)12(2-1-6-19-13)17-14(18)9-20-7-5-16/h3-4,8,12H,1-2,6-7,9H2,(H,17,18)/t12-/m0/s1. The normalized spacial score (nSPS) is 17.3. The van der Waals surface area contributed by atoms with Crippen molar-refractivity contribution in [1.82, 2.24) is 5.32 Å². The van der Waals surface area contributed by atoms with Gasteiger partial charge in [-0.25, -0.2) is 4.39 Å². The smallest absolute Gasteiger partial charge is 0.230 e. The Morgan fingerprint density at radius 1 is 1.60 bits per heavy atom. The zero-order chi connectivity index (χ0) is 14.4. The molecule has 20 heavy (non-hydrogen) atoms. The van der Waals surface area contributed by atoms with Crippen molar-refractivity contribution < 1.29 is 13.9 Å². The van der Waals surface area contributed by atoms with Gasteiger partial charge in [-0.05, 0) is 31.0 Å². The molecule has 2 rings (SSSR count). The van der Waals surface area contributed by atoms with Crippen molar-refractivity contribution in [2.75, 3.05) is 18.1 Å². The van der Waals surface area contributed by atoms with Gasteiger partial charge in [0.15, 0.2) is 0 Å². The summed E-state index contributed by atoms with van der Waals surface area (Å²) in [5.41, 5.74) is 0.682. The number of carbonyl (C=O) groups is 1. The summed E-state index contributed by atoms with van der Waals surface area (Å²) in [6.07, 6.45) is 1.51. The predicted octanol–water partition coefficient (Wildman–Crippen LogP) is 2.41. The van der Waals surface area contributed by atoms with Crippen molar-refractivity contribution in [2.24, 2.45) is 0 Å². The molecule has 6 heteroatoms. The molecule has 0 aliphatic carbocycles. The number of ether oxygens (including phenoxy) is 1. The van der Waals surface area contributed by atoms with E-state index in [0.29, 0.717) is 24.3 Å². The van der Waals surface area contributed by atoms with Crippen LogP contribution in [0.2, 0.25) is 0 Å². The molecule has 1 aromatic carbocycles. The number of carbonyl (C=O) groups excluding carboxylic acids is 1. The second-order valence-corrected chi connectivity index (χ2v) is 5.43. The van der Waals surface area contributed by atoms with Crippen LogP contribution in [0.1, 0.15) is 24.4 Å². The van der Waals surface area contributed by atoms with E-state index in [4.69, 9.17) is 10.00 Å². The van der Waals surface area contributed by atoms with E-state index in [9.17, 15) is 9.18 Å². The van der Waals surface area contributed by atoms with Crippen molar-refractivity contribution in [3.8, 4) is 11.8 Å². The molecule has 1 N–H and O–H groups in total. The van der Waals surface area contributed by atoms with Crippen LogP contribution < -0.4 is 10.1 Å². The van der Waals surface area contributed by atoms with Gasteiger partial charge < -0.3 is 10.1 Å². The molecule has 1 aromatic rings. The Morgan fingerprint density at radius 3 is 3.25 bits per heavy atom. The SMILES string of the molecule is N#CCSCC(=O)N[C@H]1CCCOc2ccc(F)cc21. The summed E-state index contributed by atoms with van der Waals surface area (Å²) in [4.78, 5) is 11.8. The van der Waals surface area contributed by atoms with Crippen LogP contribution in [-0.4, -0.2) is 24.0 Å². The second-order valence-electron chi connectivity index (χ2n) is 4.44. The van der Waals surface area contributed by atoms with Crippen LogP contribution in [0.5, 0.6) is 5.75 Å². The van der Waals surface area contributed by atoms with Crippen molar-refractivity contribution >= 4 is 17.7 Å². The highest BCUT2D eigenvalue weighted by Crippen LogP contribution is 2.32. The molecule has 0 bridgehead atoms. The Kier molecular flexibility index (Phi) is 5.24. The average Bonchev–Trinajstić information content (AvgIpc) is 2.62. The highest BCUT2D eigenvalue weighted by atomic mass is 32.2. The molecule has 1 heterocycles. The van der Waals surface area contributed by atoms with Crippen LogP contribution in [-0.2, 0) is 4.79 Å². The fourth-order valence-corrected chi connectivity index (χ4v) is 2.59. The largest absolute Gasteiger partial charge is 0.493 e. The first-order valence-corrected chi connectivity index (χ1v) is 7.52. The fourth-order valence-electron chi connectivity index (χ4n) is 2.12. The van der Waals surface area contributed by atoms with Crippen molar-refractivity contribution in [2.45, 2.75) is 18.9 Å². The Bertz CT molecular complexity index is 530. The molecule has 0 aromatic heterocycles. The van der Waals surface area contributed by atoms with Crippen LogP contribution in [0.4, 0.5) is 4.39 Å². The zero-order valence-electron chi connectivity index (χ0n) is 10.9. The number of nitriles is 1. The molecule has 0 spiro atoms. The highest BCUT2D eigenvalue weighted by Gasteiger charge is 2.22. The van der Waals surface area contributed by atoms with Crippen molar-refractivity contribution in [3.05, 3.63) is 29.6 Å². The van der Waals surface area contributed by atoms with Gasteiger partial charge in [-0.2, -0.15) is 5.26 Å². The molecule has 1 atom stereocenters. The summed E-state index contributed by atoms with van der Waals surface area (Å²) in [5.74, 6) is 0.653. The Hall–Kier alpha value is -1.74. The number of nitrogens with one attached hydrogen (secondary N) is 1. The van der Waals surface area contributed by atoms with Crippen LogP contribution in [0.15, 0.2) is 18.2 Å². The molecule has 0 saturated carbocycles. The van der Waals surface area contributed by atoms with Gasteiger partial charge >= 0.3 is 0 Å². The number of amides is 1. The first-order chi connectivity index (χ1) is 9.70. The molecule has 0 fully saturated rings. The molecule has 1 amide bonds. The maximum atomic E-state index is 13.4. The number of hydrogen-bond acceptors (Lipinski definition) is 4. The summed E-state index contributed by atoms with van der Waals surface area (Å²) in [6.45, 7) is 0.564. The number of benzene rings is 1. The predicted molar refractivity (Wildman–Crippen MR) is 75.0 cm³/mol. The maximum absolute atomic E-state index is 13.4. The van der Waals surface area contributed by atoms with E-state index in [1.54, 1.807) is 6.07 Å². The minimum Gasteiger partial charge on any atom is -0.493 e.